The predicted octanol–water partition coefficient (Wildman–Crippen LogP) is 13.5. The molecule has 11 rings (SSSR count). The molecule has 0 saturated carbocycles. The minimum absolute atomic E-state index is 0.111. The lowest BCUT2D eigenvalue weighted by molar-refractivity contribution is 0.838. The topological polar surface area (TPSA) is 61.4 Å². The number of benzene rings is 7. The highest BCUT2D eigenvalue weighted by atomic mass is 15.0. The molecule has 0 N–H and O–H groups in total. The Bertz CT molecular complexity index is 3350. The molecular formula is C56H40N6. The maximum atomic E-state index is 4.98. The number of hydrogen-bond donors (Lipinski definition) is 0. The van der Waals surface area contributed by atoms with E-state index in [1.807, 2.05) is 72.9 Å². The third-order valence-electron chi connectivity index (χ3n) is 11.8. The van der Waals surface area contributed by atoms with Crippen molar-refractivity contribution < 1.29 is 0 Å². The molecule has 0 bridgehead atoms. The van der Waals surface area contributed by atoms with Crippen LogP contribution in [0, 0.1) is 0 Å². The zero-order chi connectivity index (χ0) is 41.4. The first-order valence-electron chi connectivity index (χ1n) is 20.9. The number of pyridine rings is 1. The summed E-state index contributed by atoms with van der Waals surface area (Å²) in [7, 11) is 0. The number of rotatable bonds is 10. The molecule has 0 radical (unpaired) electrons. The summed E-state index contributed by atoms with van der Waals surface area (Å²) in [5.41, 5.74) is 12.8. The third kappa shape index (κ3) is 6.74. The van der Waals surface area contributed by atoms with Gasteiger partial charge >= 0.3 is 0 Å². The Kier molecular flexibility index (Phi) is 9.36. The summed E-state index contributed by atoms with van der Waals surface area (Å²) in [5.74, 6) is 1.96. The van der Waals surface area contributed by atoms with Crippen molar-refractivity contribution in [1.29, 1.82) is 0 Å². The van der Waals surface area contributed by atoms with Gasteiger partial charge in [-0.05, 0) is 78.2 Å². The summed E-state index contributed by atoms with van der Waals surface area (Å²) in [4.78, 5) is 19.7. The molecule has 6 nitrogen and oxygen atoms in total. The van der Waals surface area contributed by atoms with Gasteiger partial charge in [0.15, 0.2) is 17.5 Å². The van der Waals surface area contributed by atoms with Crippen molar-refractivity contribution in [2.45, 2.75) is 12.3 Å². The zero-order valence-corrected chi connectivity index (χ0v) is 33.9. The average Bonchev–Trinajstić information content (AvgIpc) is 3.89. The van der Waals surface area contributed by atoms with Gasteiger partial charge in [0.05, 0.1) is 22.2 Å². The van der Waals surface area contributed by atoms with Crippen LogP contribution < -0.4 is 0 Å². The second kappa shape index (κ2) is 15.8. The van der Waals surface area contributed by atoms with Crippen molar-refractivity contribution in [2.75, 3.05) is 0 Å². The number of hydrogen-bond acceptors (Lipinski definition) is 4. The van der Waals surface area contributed by atoms with E-state index in [9.17, 15) is 0 Å². The molecule has 0 aliphatic heterocycles. The molecule has 62 heavy (non-hydrogen) atoms. The molecule has 0 aliphatic rings. The van der Waals surface area contributed by atoms with Crippen LogP contribution in [0.5, 0.6) is 0 Å². The molecule has 0 spiro atoms. The fraction of sp³-hybridized carbons (Fsp3) is 0.0357. The Morgan fingerprint density at radius 2 is 1.06 bits per heavy atom. The predicted molar refractivity (Wildman–Crippen MR) is 254 cm³/mol. The van der Waals surface area contributed by atoms with Gasteiger partial charge in [0, 0.05) is 68.1 Å². The van der Waals surface area contributed by atoms with Crippen molar-refractivity contribution >= 4 is 32.7 Å². The molecule has 294 valence electrons. The Labute approximate surface area is 359 Å². The highest BCUT2D eigenvalue weighted by Crippen LogP contribution is 2.37. The van der Waals surface area contributed by atoms with Crippen LogP contribution in [-0.2, 0) is 6.42 Å². The largest absolute Gasteiger partial charge is 0.316 e. The van der Waals surface area contributed by atoms with Crippen molar-refractivity contribution in [3.05, 3.63) is 230 Å². The van der Waals surface area contributed by atoms with Gasteiger partial charge < -0.3 is 9.13 Å². The van der Waals surface area contributed by atoms with E-state index in [1.54, 1.807) is 0 Å². The molecule has 11 aromatic rings. The van der Waals surface area contributed by atoms with Crippen LogP contribution in [0.4, 0.5) is 0 Å². The summed E-state index contributed by atoms with van der Waals surface area (Å²) in [6.07, 6.45) is 7.06. The molecule has 4 aromatic heterocycles. The number of allylic oxidation sites excluding steroid dienone is 1. The zero-order valence-electron chi connectivity index (χ0n) is 33.9. The molecule has 0 fully saturated rings. The van der Waals surface area contributed by atoms with Crippen molar-refractivity contribution in [3.8, 4) is 56.8 Å². The van der Waals surface area contributed by atoms with Gasteiger partial charge in [-0.3, -0.25) is 4.98 Å². The molecule has 7 aromatic carbocycles. The van der Waals surface area contributed by atoms with E-state index in [-0.39, 0.29) is 5.92 Å². The molecule has 0 saturated heterocycles. The van der Waals surface area contributed by atoms with E-state index in [1.165, 1.54) is 27.4 Å². The molecule has 1 unspecified atom stereocenters. The van der Waals surface area contributed by atoms with Gasteiger partial charge in [-0.1, -0.05) is 140 Å². The third-order valence-corrected chi connectivity index (χ3v) is 11.8. The summed E-state index contributed by atoms with van der Waals surface area (Å²) >= 11 is 0. The highest BCUT2D eigenvalue weighted by Gasteiger charge is 2.19. The normalized spacial score (nSPS) is 11.9. The molecule has 6 heteroatoms. The average molecular weight is 797 g/mol. The molecule has 1 atom stereocenters. The molecular weight excluding hydrogens is 757 g/mol. The van der Waals surface area contributed by atoms with Gasteiger partial charge in [0.2, 0.25) is 0 Å². The van der Waals surface area contributed by atoms with Gasteiger partial charge in [-0.2, -0.15) is 0 Å². The van der Waals surface area contributed by atoms with Crippen LogP contribution in [0.15, 0.2) is 219 Å². The Hall–Kier alpha value is -8.22. The first-order valence-corrected chi connectivity index (χ1v) is 20.9. The number of nitrogens with zero attached hydrogens (tertiary/aromatic N) is 6. The summed E-state index contributed by atoms with van der Waals surface area (Å²) < 4.78 is 4.68. The van der Waals surface area contributed by atoms with Crippen LogP contribution in [0.3, 0.4) is 0 Å². The quantitative estimate of drug-likeness (QED) is 0.129. The van der Waals surface area contributed by atoms with E-state index in [2.05, 4.69) is 155 Å². The lowest BCUT2D eigenvalue weighted by atomic mass is 9.91. The maximum Gasteiger partial charge on any atom is 0.164 e. The molecule has 0 amide bonds. The van der Waals surface area contributed by atoms with Crippen LogP contribution in [-0.4, -0.2) is 29.1 Å². The number of para-hydroxylation sites is 3. The molecule has 0 aliphatic carbocycles. The van der Waals surface area contributed by atoms with Crippen LogP contribution in [0.2, 0.25) is 0 Å². The Balaban J connectivity index is 0.962. The summed E-state index contributed by atoms with van der Waals surface area (Å²) in [6.45, 7) is 4.34. The van der Waals surface area contributed by atoms with Crippen LogP contribution in [0.1, 0.15) is 17.0 Å². The van der Waals surface area contributed by atoms with Crippen LogP contribution in [0.25, 0.3) is 89.5 Å². The smallest absolute Gasteiger partial charge is 0.164 e. The monoisotopic (exact) mass is 796 g/mol. The summed E-state index contributed by atoms with van der Waals surface area (Å²) in [5, 5.41) is 3.60. The van der Waals surface area contributed by atoms with E-state index < -0.39 is 0 Å². The second-order valence-corrected chi connectivity index (χ2v) is 15.6. The highest BCUT2D eigenvalue weighted by molar-refractivity contribution is 6.10. The first kappa shape index (κ1) is 36.8. The standard InChI is InChI=1S/C56H40N6/c1-2-38(33-44-37-61(45-22-10-5-11-23-45)51-27-14-12-25-47(44)51)41-21-16-24-46(34-41)62-52-28-15-13-26-48(52)49-35-42(29-30-53(49)62)50-36-43(31-32-57-50)56-59-54(39-17-6-3-7-18-39)58-55(60-56)40-19-8-4-9-20-40/h2-32,34-38H,1,33H2. The maximum absolute atomic E-state index is 4.98. The Morgan fingerprint density at radius 1 is 0.468 bits per heavy atom. The van der Waals surface area contributed by atoms with Crippen molar-refractivity contribution in [3.63, 3.8) is 0 Å². The lowest BCUT2D eigenvalue weighted by Gasteiger charge is -2.16. The van der Waals surface area contributed by atoms with E-state index >= 15 is 0 Å². The van der Waals surface area contributed by atoms with Gasteiger partial charge in [0.25, 0.3) is 0 Å². The SMILES string of the molecule is C=CC(Cc1cn(-c2ccccc2)c2ccccc12)c1cccc(-n2c3ccccc3c3cc(-c4cc(-c5nc(-c6ccccc6)nc(-c6ccccc6)n5)ccn4)ccc32)c1. The van der Waals surface area contributed by atoms with Crippen LogP contribution >= 0.6 is 0 Å². The fourth-order valence-electron chi connectivity index (χ4n) is 8.76. The second-order valence-electron chi connectivity index (χ2n) is 15.6. The fourth-order valence-corrected chi connectivity index (χ4v) is 8.76. The van der Waals surface area contributed by atoms with Gasteiger partial charge in [-0.15, -0.1) is 6.58 Å². The Morgan fingerprint density at radius 3 is 1.77 bits per heavy atom. The van der Waals surface area contributed by atoms with E-state index in [0.29, 0.717) is 17.5 Å². The number of fused-ring (bicyclic) bond motifs is 4. The minimum Gasteiger partial charge on any atom is -0.316 e. The van der Waals surface area contributed by atoms with Gasteiger partial charge in [0.1, 0.15) is 0 Å². The van der Waals surface area contributed by atoms with E-state index in [4.69, 9.17) is 19.9 Å². The van der Waals surface area contributed by atoms with E-state index in [0.717, 1.165) is 62.2 Å². The molecule has 4 heterocycles. The van der Waals surface area contributed by atoms with Crippen molar-refractivity contribution in [1.82, 2.24) is 29.1 Å². The minimum atomic E-state index is 0.111. The van der Waals surface area contributed by atoms with Gasteiger partial charge in [-0.25, -0.2) is 15.0 Å². The van der Waals surface area contributed by atoms with Crippen molar-refractivity contribution in [2.24, 2.45) is 0 Å². The lowest BCUT2D eigenvalue weighted by Crippen LogP contribution is -2.02. The summed E-state index contributed by atoms with van der Waals surface area (Å²) in [6, 6.07) is 67.6. The number of aromatic nitrogens is 6. The first-order chi connectivity index (χ1) is 30.7.